The largest absolute Gasteiger partial charge is 0.270 e. The molecule has 1 aliphatic rings. The minimum atomic E-state index is -3.69. The fraction of sp³-hybridized carbons (Fsp3) is 0.538. The highest BCUT2D eigenvalue weighted by Gasteiger charge is 2.22. The van der Waals surface area contributed by atoms with Gasteiger partial charge < -0.3 is 0 Å². The molecule has 6 nitrogen and oxygen atoms in total. The summed E-state index contributed by atoms with van der Waals surface area (Å²) >= 11 is 0. The van der Waals surface area contributed by atoms with Crippen LogP contribution < -0.4 is 4.72 Å². The van der Waals surface area contributed by atoms with Gasteiger partial charge in [0.05, 0.1) is 9.82 Å². The lowest BCUT2D eigenvalue weighted by Crippen LogP contribution is -2.34. The number of rotatable bonds is 4. The van der Waals surface area contributed by atoms with E-state index in [1.165, 1.54) is 18.2 Å². The molecule has 2 rings (SSSR count). The molecule has 0 atom stereocenters. The van der Waals surface area contributed by atoms with E-state index >= 15 is 0 Å². The second-order valence-electron chi connectivity index (χ2n) is 5.06. The Morgan fingerprint density at radius 3 is 2.40 bits per heavy atom. The van der Waals surface area contributed by atoms with Gasteiger partial charge in [-0.05, 0) is 18.9 Å². The first-order valence-electron chi connectivity index (χ1n) is 6.76. The molecular weight excluding hydrogens is 280 g/mol. The van der Waals surface area contributed by atoms with Crippen LogP contribution in [-0.2, 0) is 10.0 Å². The van der Waals surface area contributed by atoms with Crippen molar-refractivity contribution in [2.24, 2.45) is 0 Å². The monoisotopic (exact) mass is 298 g/mol. The molecule has 0 amide bonds. The van der Waals surface area contributed by atoms with Crippen LogP contribution in [-0.4, -0.2) is 19.4 Å². The zero-order chi connectivity index (χ0) is 14.6. The lowest BCUT2D eigenvalue weighted by molar-refractivity contribution is -0.385. The number of hydrogen-bond acceptors (Lipinski definition) is 4. The van der Waals surface area contributed by atoms with Crippen LogP contribution in [0.4, 0.5) is 5.69 Å². The maximum absolute atomic E-state index is 12.3. The van der Waals surface area contributed by atoms with E-state index in [4.69, 9.17) is 0 Å². The van der Waals surface area contributed by atoms with Crippen molar-refractivity contribution in [3.63, 3.8) is 0 Å². The number of non-ortho nitro benzene ring substituents is 1. The van der Waals surface area contributed by atoms with Gasteiger partial charge in [-0.25, -0.2) is 13.1 Å². The number of nitrogens with zero attached hydrogens (tertiary/aromatic N) is 1. The van der Waals surface area contributed by atoms with Crippen LogP contribution in [0.25, 0.3) is 0 Å². The smallest absolute Gasteiger partial charge is 0.258 e. The molecule has 0 bridgehead atoms. The molecule has 1 N–H and O–H groups in total. The van der Waals surface area contributed by atoms with Gasteiger partial charge in [0.2, 0.25) is 10.0 Å². The summed E-state index contributed by atoms with van der Waals surface area (Å²) in [7, 11) is -3.69. The van der Waals surface area contributed by atoms with Crippen LogP contribution in [0.2, 0.25) is 0 Å². The van der Waals surface area contributed by atoms with E-state index in [2.05, 4.69) is 4.72 Å². The van der Waals surface area contributed by atoms with E-state index in [-0.39, 0.29) is 16.6 Å². The van der Waals surface area contributed by atoms with Gasteiger partial charge in [-0.2, -0.15) is 0 Å². The molecule has 0 saturated heterocycles. The molecule has 0 aromatic heterocycles. The van der Waals surface area contributed by atoms with Crippen LogP contribution in [0.5, 0.6) is 0 Å². The zero-order valence-electron chi connectivity index (χ0n) is 11.1. The van der Waals surface area contributed by atoms with Gasteiger partial charge in [0.25, 0.3) is 5.69 Å². The van der Waals surface area contributed by atoms with Gasteiger partial charge in [0.15, 0.2) is 0 Å². The maximum Gasteiger partial charge on any atom is 0.270 e. The van der Waals surface area contributed by atoms with Crippen molar-refractivity contribution in [2.75, 3.05) is 0 Å². The normalized spacial score (nSPS) is 17.6. The summed E-state index contributed by atoms with van der Waals surface area (Å²) in [5.74, 6) is 0. The number of sulfonamides is 1. The Kier molecular flexibility index (Phi) is 4.72. The Balaban J connectivity index is 2.17. The van der Waals surface area contributed by atoms with Crippen molar-refractivity contribution < 1.29 is 13.3 Å². The van der Waals surface area contributed by atoms with Crippen molar-refractivity contribution in [3.8, 4) is 0 Å². The summed E-state index contributed by atoms with van der Waals surface area (Å²) in [6.45, 7) is 0. The van der Waals surface area contributed by atoms with Gasteiger partial charge in [-0.1, -0.05) is 31.7 Å². The van der Waals surface area contributed by atoms with Crippen LogP contribution in [0.3, 0.4) is 0 Å². The molecule has 1 aliphatic carbocycles. The highest BCUT2D eigenvalue weighted by Crippen LogP contribution is 2.21. The molecule has 0 unspecified atom stereocenters. The average molecular weight is 298 g/mol. The van der Waals surface area contributed by atoms with E-state index in [1.807, 2.05) is 0 Å². The molecule has 0 aliphatic heterocycles. The van der Waals surface area contributed by atoms with Gasteiger partial charge in [0, 0.05) is 18.2 Å². The number of nitro groups is 1. The van der Waals surface area contributed by atoms with Crippen molar-refractivity contribution in [3.05, 3.63) is 34.4 Å². The zero-order valence-corrected chi connectivity index (χ0v) is 11.9. The Morgan fingerprint density at radius 1 is 1.15 bits per heavy atom. The van der Waals surface area contributed by atoms with Crippen molar-refractivity contribution in [1.29, 1.82) is 0 Å². The summed E-state index contributed by atoms with van der Waals surface area (Å²) in [5.41, 5.74) is -0.214. The first-order chi connectivity index (χ1) is 9.49. The molecule has 0 radical (unpaired) electrons. The predicted octanol–water partition coefficient (Wildman–Crippen LogP) is 2.60. The molecule has 110 valence electrons. The standard InChI is InChI=1S/C13H18N2O4S/c16-15(17)12-8-5-9-13(10-12)20(18,19)14-11-6-3-1-2-4-7-11/h5,8-11,14H,1-4,6-7H2. The van der Waals surface area contributed by atoms with Crippen molar-refractivity contribution >= 4 is 15.7 Å². The van der Waals surface area contributed by atoms with Gasteiger partial charge in [-0.3, -0.25) is 10.1 Å². The minimum Gasteiger partial charge on any atom is -0.258 e. The fourth-order valence-electron chi connectivity index (χ4n) is 2.45. The molecule has 1 fully saturated rings. The summed E-state index contributed by atoms with van der Waals surface area (Å²) < 4.78 is 27.2. The molecule has 0 heterocycles. The first-order valence-corrected chi connectivity index (χ1v) is 8.24. The van der Waals surface area contributed by atoms with Crippen molar-refractivity contribution in [1.82, 2.24) is 4.72 Å². The number of hydrogen-bond donors (Lipinski definition) is 1. The third-order valence-electron chi connectivity index (χ3n) is 3.52. The van der Waals surface area contributed by atoms with E-state index in [0.717, 1.165) is 44.6 Å². The third-order valence-corrected chi connectivity index (χ3v) is 5.03. The third kappa shape index (κ3) is 3.77. The summed E-state index contributed by atoms with van der Waals surface area (Å²) in [5, 5.41) is 10.7. The average Bonchev–Trinajstić information content (AvgIpc) is 2.67. The predicted molar refractivity (Wildman–Crippen MR) is 74.9 cm³/mol. The Labute approximate surface area is 118 Å². The van der Waals surface area contributed by atoms with E-state index in [9.17, 15) is 18.5 Å². The van der Waals surface area contributed by atoms with E-state index in [0.29, 0.717) is 0 Å². The Morgan fingerprint density at radius 2 is 1.80 bits per heavy atom. The van der Waals surface area contributed by atoms with Crippen LogP contribution >= 0.6 is 0 Å². The molecule has 1 aromatic rings. The quantitative estimate of drug-likeness (QED) is 0.525. The summed E-state index contributed by atoms with van der Waals surface area (Å²) in [4.78, 5) is 10.1. The van der Waals surface area contributed by atoms with Crippen LogP contribution in [0.15, 0.2) is 29.2 Å². The van der Waals surface area contributed by atoms with Crippen LogP contribution in [0.1, 0.15) is 38.5 Å². The second-order valence-corrected chi connectivity index (χ2v) is 6.78. The molecule has 1 saturated carbocycles. The van der Waals surface area contributed by atoms with E-state index in [1.54, 1.807) is 0 Å². The summed E-state index contributed by atoms with van der Waals surface area (Å²) in [6.07, 6.45) is 5.95. The SMILES string of the molecule is O=[N+]([O-])c1cccc(S(=O)(=O)NC2CCCCCC2)c1. The maximum atomic E-state index is 12.3. The van der Waals surface area contributed by atoms with Gasteiger partial charge in [-0.15, -0.1) is 0 Å². The molecule has 0 spiro atoms. The van der Waals surface area contributed by atoms with E-state index < -0.39 is 14.9 Å². The lowest BCUT2D eigenvalue weighted by atomic mass is 10.1. The second kappa shape index (κ2) is 6.32. The highest BCUT2D eigenvalue weighted by molar-refractivity contribution is 7.89. The highest BCUT2D eigenvalue weighted by atomic mass is 32.2. The molecule has 20 heavy (non-hydrogen) atoms. The number of nitro benzene ring substituents is 1. The summed E-state index contributed by atoms with van der Waals surface area (Å²) in [6, 6.07) is 5.08. The molecule has 7 heteroatoms. The Bertz CT molecular complexity index is 578. The minimum absolute atomic E-state index is 0.0454. The molecule has 1 aromatic carbocycles. The topological polar surface area (TPSA) is 89.3 Å². The van der Waals surface area contributed by atoms with Crippen LogP contribution in [0, 0.1) is 10.1 Å². The fourth-order valence-corrected chi connectivity index (χ4v) is 3.79. The van der Waals surface area contributed by atoms with Crippen molar-refractivity contribution in [2.45, 2.75) is 49.5 Å². The number of nitrogens with one attached hydrogen (secondary N) is 1. The Hall–Kier alpha value is -1.47. The van der Waals surface area contributed by atoms with Gasteiger partial charge in [0.1, 0.15) is 0 Å². The lowest BCUT2D eigenvalue weighted by Gasteiger charge is -2.16. The first kappa shape index (κ1) is 14.9. The molecular formula is C13H18N2O4S. The number of benzene rings is 1. The van der Waals surface area contributed by atoms with Gasteiger partial charge >= 0.3 is 0 Å².